The van der Waals surface area contributed by atoms with Crippen molar-refractivity contribution >= 4 is 40.5 Å². The molecule has 0 radical (unpaired) electrons. The molecule has 52 valence electrons. The van der Waals surface area contributed by atoms with Crippen LogP contribution in [0.1, 0.15) is 0 Å². The van der Waals surface area contributed by atoms with Gasteiger partial charge in [0, 0.05) is 0 Å². The topological polar surface area (TPSA) is 23.1 Å². The maximum absolute atomic E-state index is 9.63. The van der Waals surface area contributed by atoms with E-state index in [0.29, 0.717) is 0 Å². The van der Waals surface area contributed by atoms with Crippen LogP contribution in [0.5, 0.6) is 0 Å². The smallest absolute Gasteiger partial charge is 0.809 e. The number of hydrogen-bond donors (Lipinski definition) is 0. The Morgan fingerprint density at radius 1 is 1.29 bits per heavy atom. The summed E-state index contributed by atoms with van der Waals surface area (Å²) in [5, 5.41) is 0. The molecular weight excluding hydrogens is 271 g/mol. The number of hydrogen-bond acceptors (Lipinski definition) is 4. The zero-order valence-electron chi connectivity index (χ0n) is 2.64. The van der Waals surface area contributed by atoms with Gasteiger partial charge in [-0.2, -0.15) is 0 Å². The molecule has 0 saturated carbocycles. The predicted octanol–water partition coefficient (Wildman–Crippen LogP) is -0.349. The van der Waals surface area contributed by atoms with E-state index < -0.39 is 6.46 Å². The van der Waals surface area contributed by atoms with Crippen molar-refractivity contribution in [3.05, 3.63) is 0 Å². The fourth-order valence-electron chi connectivity index (χ4n) is 0. The molecule has 7 heavy (non-hydrogen) atoms. The van der Waals surface area contributed by atoms with E-state index in [1.807, 2.05) is 0 Å². The molecule has 0 rings (SSSR count). The summed E-state index contributed by atoms with van der Waals surface area (Å²) >= 11 is 12.0. The van der Waals surface area contributed by atoms with Crippen molar-refractivity contribution < 1.29 is 38.7 Å². The minimum absolute atomic E-state index is 0. The van der Waals surface area contributed by atoms with Crippen molar-refractivity contribution in [2.24, 2.45) is 0 Å². The first-order valence-electron chi connectivity index (χ1n) is 0.667. The van der Waals surface area contributed by atoms with Gasteiger partial charge in [-0.25, -0.2) is 0 Å². The fourth-order valence-corrected chi connectivity index (χ4v) is 0. The van der Waals surface area contributed by atoms with Gasteiger partial charge in [-0.15, -0.1) is 0 Å². The van der Waals surface area contributed by atoms with Crippen molar-refractivity contribution in [1.82, 2.24) is 0 Å². The summed E-state index contributed by atoms with van der Waals surface area (Å²) in [6.45, 7) is -2.67. The van der Waals surface area contributed by atoms with E-state index in [4.69, 9.17) is 0 Å². The van der Waals surface area contributed by atoms with Crippen molar-refractivity contribution in [2.45, 2.75) is 0 Å². The average Bonchev–Trinajstić information content (AvgIpc) is 0.722. The summed E-state index contributed by atoms with van der Waals surface area (Å²) in [6, 6.07) is 0. The molecule has 0 amide bonds. The fraction of sp³-hybridized carbons (Fsp3) is 0. The average molecular weight is 271 g/mol. The van der Waals surface area contributed by atoms with Crippen LogP contribution < -0.4 is 0 Å². The van der Waals surface area contributed by atoms with E-state index in [1.165, 1.54) is 0 Å². The van der Waals surface area contributed by atoms with E-state index in [0.717, 1.165) is 0 Å². The zero-order valence-corrected chi connectivity index (χ0v) is 7.79. The van der Waals surface area contributed by atoms with Gasteiger partial charge in [0.05, 0.1) is 0 Å². The Labute approximate surface area is 78.4 Å². The quantitative estimate of drug-likeness (QED) is 0.341. The molecule has 0 aliphatic rings. The van der Waals surface area contributed by atoms with Crippen molar-refractivity contribution in [3.63, 3.8) is 0 Å². The van der Waals surface area contributed by atoms with Gasteiger partial charge in [0.15, 0.2) is 0 Å². The van der Waals surface area contributed by atoms with Gasteiger partial charge >= 0.3 is 34.1 Å². The van der Waals surface area contributed by atoms with Crippen LogP contribution in [-0.4, -0.2) is 4.55 Å². The maximum Gasteiger partial charge on any atom is 1.00 e. The van der Waals surface area contributed by atoms with Crippen LogP contribution in [0.25, 0.3) is 0 Å². The normalized spacial score (nSPS) is 8.29. The third-order valence-electron chi connectivity index (χ3n) is 0. The second-order valence-electron chi connectivity index (χ2n) is 0.408. The summed E-state index contributed by atoms with van der Waals surface area (Å²) < 4.78 is 9.63. The standard InChI is InChI=1S/2Cu.H2OS4/c;;1-5(2,3)4/h;;(H2,1,2,3,4)/q2*+1;/p-2. The van der Waals surface area contributed by atoms with Crippen molar-refractivity contribution in [2.75, 3.05) is 0 Å². The molecule has 7 heteroatoms. The summed E-state index contributed by atoms with van der Waals surface area (Å²) in [6.07, 6.45) is 0. The molecule has 0 heterocycles. The van der Waals surface area contributed by atoms with Crippen LogP contribution in [-0.2, 0) is 74.6 Å². The minimum Gasteiger partial charge on any atom is -0.809 e. The van der Waals surface area contributed by atoms with Crippen LogP contribution in [0.4, 0.5) is 0 Å². The molecule has 0 atom stereocenters. The summed E-state index contributed by atoms with van der Waals surface area (Å²) in [5.41, 5.74) is 0. The molecule has 0 unspecified atom stereocenters. The van der Waals surface area contributed by atoms with Gasteiger partial charge in [-0.05, 0) is 0 Å². The second-order valence-corrected chi connectivity index (χ2v) is 7.35. The Kier molecular flexibility index (Phi) is 14.4. The first-order chi connectivity index (χ1) is 2.00. The summed E-state index contributed by atoms with van der Waals surface area (Å²) in [4.78, 5) is 0. The first kappa shape index (κ1) is 16.1. The molecule has 0 saturated heterocycles. The van der Waals surface area contributed by atoms with Crippen LogP contribution in [0, 0.1) is 0 Å². The zero-order chi connectivity index (χ0) is 4.50. The monoisotopic (exact) mass is 270 g/mol. The third-order valence-corrected chi connectivity index (χ3v) is 0. The Bertz CT molecular complexity index is 92.9. The van der Waals surface area contributed by atoms with Gasteiger partial charge in [-0.3, -0.25) is 6.46 Å². The van der Waals surface area contributed by atoms with Crippen molar-refractivity contribution in [3.8, 4) is 0 Å². The SMILES string of the molecule is [Cu+].[Cu+].[O-]S(=S)(=S)[S-]. The Hall–Kier alpha value is 2.14. The van der Waals surface area contributed by atoms with E-state index in [-0.39, 0.29) is 34.1 Å². The molecule has 1 nitrogen and oxygen atoms in total. The molecule has 0 aromatic heterocycles. The minimum atomic E-state index is -2.67. The molecule has 0 spiro atoms. The largest absolute Gasteiger partial charge is 1.00 e. The summed E-state index contributed by atoms with van der Waals surface area (Å²) in [7, 11) is 0. The van der Waals surface area contributed by atoms with Crippen molar-refractivity contribution in [1.29, 1.82) is 0 Å². The van der Waals surface area contributed by atoms with Crippen LogP contribution in [0.2, 0.25) is 0 Å². The Morgan fingerprint density at radius 3 is 1.29 bits per heavy atom. The molecule has 0 bridgehead atoms. The van der Waals surface area contributed by atoms with Crippen LogP contribution in [0.15, 0.2) is 0 Å². The Balaban J connectivity index is -0.0000000800. The second kappa shape index (κ2) is 6.26. The van der Waals surface area contributed by atoms with Crippen LogP contribution in [0.3, 0.4) is 0 Å². The molecule has 0 aliphatic heterocycles. The molecular formula is Cu2OS4. The molecule has 0 aliphatic carbocycles. The Morgan fingerprint density at radius 2 is 1.29 bits per heavy atom. The van der Waals surface area contributed by atoms with E-state index in [2.05, 4.69) is 34.0 Å². The van der Waals surface area contributed by atoms with Gasteiger partial charge < -0.3 is 16.2 Å². The van der Waals surface area contributed by atoms with E-state index in [9.17, 15) is 4.55 Å². The molecule has 0 aromatic carbocycles. The first-order valence-corrected chi connectivity index (χ1v) is 5.00. The van der Waals surface area contributed by atoms with Gasteiger partial charge in [0.1, 0.15) is 0 Å². The number of rotatable bonds is 0. The van der Waals surface area contributed by atoms with Gasteiger partial charge in [-0.1, -0.05) is 22.4 Å². The van der Waals surface area contributed by atoms with E-state index in [1.54, 1.807) is 0 Å². The van der Waals surface area contributed by atoms with E-state index >= 15 is 0 Å². The van der Waals surface area contributed by atoms with Crippen LogP contribution >= 0.6 is 0 Å². The summed E-state index contributed by atoms with van der Waals surface area (Å²) in [5.74, 6) is 0. The van der Waals surface area contributed by atoms with Gasteiger partial charge in [0.25, 0.3) is 0 Å². The molecule has 0 N–H and O–H groups in total. The predicted molar refractivity (Wildman–Crippen MR) is 30.2 cm³/mol. The maximum atomic E-state index is 9.63. The third kappa shape index (κ3) is 67.0. The van der Waals surface area contributed by atoms with Gasteiger partial charge in [0.2, 0.25) is 0 Å². The molecule has 0 aromatic rings. The molecule has 0 fully saturated rings.